The summed E-state index contributed by atoms with van der Waals surface area (Å²) in [5, 5.41) is 0. The monoisotopic (exact) mass is 150 g/mol. The predicted octanol–water partition coefficient (Wildman–Crippen LogP) is 3.55. The average Bonchev–Trinajstić information content (AvgIpc) is 2.03. The first kappa shape index (κ1) is 8.58. The third-order valence-corrected chi connectivity index (χ3v) is 2.45. The van der Waals surface area contributed by atoms with Crippen molar-refractivity contribution < 1.29 is 0 Å². The summed E-state index contributed by atoms with van der Waals surface area (Å²) in [4.78, 5) is 0. The molecule has 2 unspecified atom stereocenters. The summed E-state index contributed by atoms with van der Waals surface area (Å²) in [6, 6.07) is 0. The van der Waals surface area contributed by atoms with E-state index in [2.05, 4.69) is 38.2 Å². The molecule has 0 aromatic carbocycles. The van der Waals surface area contributed by atoms with E-state index >= 15 is 0 Å². The van der Waals surface area contributed by atoms with Crippen LogP contribution in [0.25, 0.3) is 0 Å². The number of rotatable bonds is 3. The lowest BCUT2D eigenvalue weighted by Crippen LogP contribution is -2.08. The fourth-order valence-corrected chi connectivity index (χ4v) is 1.56. The number of hydrogen-bond acceptors (Lipinski definition) is 0. The quantitative estimate of drug-likeness (QED) is 0.577. The summed E-state index contributed by atoms with van der Waals surface area (Å²) >= 11 is 0. The zero-order valence-corrected chi connectivity index (χ0v) is 7.59. The summed E-state index contributed by atoms with van der Waals surface area (Å²) in [6.07, 6.45) is 13.0. The molecule has 1 rings (SSSR count). The number of allylic oxidation sites excluding steroid dienone is 4. The van der Waals surface area contributed by atoms with Crippen LogP contribution in [0.3, 0.4) is 0 Å². The summed E-state index contributed by atoms with van der Waals surface area (Å²) in [5.41, 5.74) is 0. The van der Waals surface area contributed by atoms with Gasteiger partial charge in [-0.1, -0.05) is 51.0 Å². The van der Waals surface area contributed by atoms with Crippen LogP contribution < -0.4 is 0 Å². The maximum absolute atomic E-state index is 2.35. The van der Waals surface area contributed by atoms with Crippen LogP contribution in [0.5, 0.6) is 0 Å². The van der Waals surface area contributed by atoms with Gasteiger partial charge >= 0.3 is 0 Å². The summed E-state index contributed by atoms with van der Waals surface area (Å²) in [5.74, 6) is 1.56. The van der Waals surface area contributed by atoms with Gasteiger partial charge in [0.2, 0.25) is 0 Å². The van der Waals surface area contributed by atoms with Crippen LogP contribution in [0.1, 0.15) is 33.1 Å². The molecule has 0 nitrogen and oxygen atoms in total. The molecule has 0 saturated carbocycles. The Hall–Kier alpha value is -0.520. The second-order valence-corrected chi connectivity index (χ2v) is 3.44. The molecule has 0 N–H and O–H groups in total. The summed E-state index contributed by atoms with van der Waals surface area (Å²) in [6.45, 7) is 4.56. The second-order valence-electron chi connectivity index (χ2n) is 3.44. The van der Waals surface area contributed by atoms with E-state index in [0.717, 1.165) is 11.8 Å². The van der Waals surface area contributed by atoms with Crippen LogP contribution in [-0.4, -0.2) is 0 Å². The minimum Gasteiger partial charge on any atom is -0.0811 e. The topological polar surface area (TPSA) is 0 Å². The molecule has 0 fully saturated rings. The largest absolute Gasteiger partial charge is 0.0811 e. The molecule has 2 atom stereocenters. The smallest absolute Gasteiger partial charge is 0.0170 e. The van der Waals surface area contributed by atoms with Crippen molar-refractivity contribution in [3.05, 3.63) is 24.3 Å². The maximum atomic E-state index is 2.35. The molecular weight excluding hydrogens is 132 g/mol. The molecule has 0 amide bonds. The van der Waals surface area contributed by atoms with E-state index in [-0.39, 0.29) is 0 Å². The van der Waals surface area contributed by atoms with Gasteiger partial charge in [0.05, 0.1) is 0 Å². The van der Waals surface area contributed by atoms with Crippen molar-refractivity contribution in [3.8, 4) is 0 Å². The lowest BCUT2D eigenvalue weighted by molar-refractivity contribution is 0.454. The Bertz CT molecular complexity index is 153. The predicted molar refractivity (Wildman–Crippen MR) is 50.5 cm³/mol. The molecule has 1 aliphatic rings. The van der Waals surface area contributed by atoms with Gasteiger partial charge in [-0.3, -0.25) is 0 Å². The van der Waals surface area contributed by atoms with Crippen molar-refractivity contribution in [3.63, 3.8) is 0 Å². The van der Waals surface area contributed by atoms with Crippen LogP contribution in [0.4, 0.5) is 0 Å². The molecule has 0 radical (unpaired) electrons. The standard InChI is InChI=1S/C11H18/c1-3-4-8-11-9-6-5-7-10(11)2/h5-7,9-11H,3-4,8H2,1-2H3. The molecular formula is C11H18. The van der Waals surface area contributed by atoms with E-state index in [1.54, 1.807) is 0 Å². The molecule has 0 aromatic rings. The third kappa shape index (κ3) is 2.53. The van der Waals surface area contributed by atoms with Crippen molar-refractivity contribution in [2.24, 2.45) is 11.8 Å². The molecule has 0 heteroatoms. The van der Waals surface area contributed by atoms with Gasteiger partial charge in [0.15, 0.2) is 0 Å². The molecule has 62 valence electrons. The highest BCUT2D eigenvalue weighted by Gasteiger charge is 2.12. The van der Waals surface area contributed by atoms with E-state index in [4.69, 9.17) is 0 Å². The molecule has 0 bridgehead atoms. The summed E-state index contributed by atoms with van der Waals surface area (Å²) < 4.78 is 0. The second kappa shape index (κ2) is 4.38. The van der Waals surface area contributed by atoms with Gasteiger partial charge in [0.1, 0.15) is 0 Å². The zero-order chi connectivity index (χ0) is 8.10. The summed E-state index contributed by atoms with van der Waals surface area (Å²) in [7, 11) is 0. The van der Waals surface area contributed by atoms with Gasteiger partial charge < -0.3 is 0 Å². The Kier molecular flexibility index (Phi) is 3.41. The van der Waals surface area contributed by atoms with Crippen LogP contribution in [0.2, 0.25) is 0 Å². The van der Waals surface area contributed by atoms with Gasteiger partial charge in [-0.15, -0.1) is 0 Å². The van der Waals surface area contributed by atoms with Crippen LogP contribution in [-0.2, 0) is 0 Å². The minimum absolute atomic E-state index is 0.756. The highest BCUT2D eigenvalue weighted by atomic mass is 14.2. The van der Waals surface area contributed by atoms with Gasteiger partial charge in [0, 0.05) is 0 Å². The molecule has 0 aliphatic heterocycles. The number of unbranched alkanes of at least 4 members (excludes halogenated alkanes) is 1. The van der Waals surface area contributed by atoms with E-state index in [9.17, 15) is 0 Å². The molecule has 1 aliphatic carbocycles. The first-order chi connectivity index (χ1) is 5.34. The van der Waals surface area contributed by atoms with E-state index in [1.165, 1.54) is 19.3 Å². The highest BCUT2D eigenvalue weighted by Crippen LogP contribution is 2.23. The van der Waals surface area contributed by atoms with Gasteiger partial charge in [0.25, 0.3) is 0 Å². The van der Waals surface area contributed by atoms with Crippen LogP contribution in [0, 0.1) is 11.8 Å². The highest BCUT2D eigenvalue weighted by molar-refractivity contribution is 5.13. The maximum Gasteiger partial charge on any atom is -0.0170 e. The van der Waals surface area contributed by atoms with E-state index in [0.29, 0.717) is 0 Å². The lowest BCUT2D eigenvalue weighted by atomic mass is 9.86. The van der Waals surface area contributed by atoms with Crippen molar-refractivity contribution >= 4 is 0 Å². The normalized spacial score (nSPS) is 29.3. The van der Waals surface area contributed by atoms with Crippen LogP contribution >= 0.6 is 0 Å². The first-order valence-electron chi connectivity index (χ1n) is 4.69. The molecule has 11 heavy (non-hydrogen) atoms. The van der Waals surface area contributed by atoms with Gasteiger partial charge in [-0.2, -0.15) is 0 Å². The first-order valence-corrected chi connectivity index (χ1v) is 4.69. The third-order valence-electron chi connectivity index (χ3n) is 2.45. The van der Waals surface area contributed by atoms with Crippen molar-refractivity contribution in [1.29, 1.82) is 0 Å². The lowest BCUT2D eigenvalue weighted by Gasteiger charge is -2.19. The van der Waals surface area contributed by atoms with Gasteiger partial charge in [-0.05, 0) is 18.3 Å². The Morgan fingerprint density at radius 3 is 2.55 bits per heavy atom. The van der Waals surface area contributed by atoms with E-state index in [1.807, 2.05) is 0 Å². The van der Waals surface area contributed by atoms with Crippen molar-refractivity contribution in [2.45, 2.75) is 33.1 Å². The van der Waals surface area contributed by atoms with Crippen LogP contribution in [0.15, 0.2) is 24.3 Å². The van der Waals surface area contributed by atoms with E-state index < -0.39 is 0 Å². The molecule has 0 aromatic heterocycles. The molecule has 0 heterocycles. The SMILES string of the molecule is CCCCC1C=CC=CC1C. The average molecular weight is 150 g/mol. The van der Waals surface area contributed by atoms with Crippen molar-refractivity contribution in [2.75, 3.05) is 0 Å². The minimum atomic E-state index is 0.756. The fraction of sp³-hybridized carbons (Fsp3) is 0.636. The number of hydrogen-bond donors (Lipinski definition) is 0. The Balaban J connectivity index is 2.33. The Morgan fingerprint density at radius 1 is 1.18 bits per heavy atom. The Labute approximate surface area is 70.0 Å². The molecule has 0 spiro atoms. The Morgan fingerprint density at radius 2 is 1.91 bits per heavy atom. The van der Waals surface area contributed by atoms with Gasteiger partial charge in [-0.25, -0.2) is 0 Å². The fourth-order valence-electron chi connectivity index (χ4n) is 1.56. The molecule has 0 saturated heterocycles. The van der Waals surface area contributed by atoms with Crippen molar-refractivity contribution in [1.82, 2.24) is 0 Å². The zero-order valence-electron chi connectivity index (χ0n) is 7.59.